The number of benzene rings is 1. The third kappa shape index (κ3) is 2.89. The van der Waals surface area contributed by atoms with Crippen LogP contribution in [0.5, 0.6) is 0 Å². The minimum absolute atomic E-state index is 0.238. The number of hydrogen-bond donors (Lipinski definition) is 1. The maximum absolute atomic E-state index is 11.9. The average molecular weight is 268 g/mol. The molecule has 2 rings (SSSR count). The number of hydrogen-bond acceptors (Lipinski definition) is 2. The highest BCUT2D eigenvalue weighted by atomic mass is 79.9. The first-order chi connectivity index (χ1) is 7.25. The SMILES string of the molecule is O=C(CC1CCCN1)c1ccc(Br)cc1. The smallest absolute Gasteiger partial charge is 0.164 e. The van der Waals surface area contributed by atoms with E-state index in [1.54, 1.807) is 0 Å². The summed E-state index contributed by atoms with van der Waals surface area (Å²) in [6, 6.07) is 7.97. The van der Waals surface area contributed by atoms with E-state index in [2.05, 4.69) is 21.2 Å². The van der Waals surface area contributed by atoms with Gasteiger partial charge in [-0.2, -0.15) is 0 Å². The van der Waals surface area contributed by atoms with Crippen LogP contribution in [0.1, 0.15) is 29.6 Å². The molecule has 1 heterocycles. The van der Waals surface area contributed by atoms with Crippen molar-refractivity contribution in [3.8, 4) is 0 Å². The second kappa shape index (κ2) is 4.90. The number of ketones is 1. The minimum Gasteiger partial charge on any atom is -0.314 e. The molecule has 1 aliphatic heterocycles. The average Bonchev–Trinajstić information content (AvgIpc) is 2.71. The predicted octanol–water partition coefficient (Wildman–Crippen LogP) is 2.77. The Morgan fingerprint density at radius 2 is 2.13 bits per heavy atom. The Kier molecular flexibility index (Phi) is 3.54. The Balaban J connectivity index is 1.98. The van der Waals surface area contributed by atoms with Gasteiger partial charge in [0.1, 0.15) is 0 Å². The highest BCUT2D eigenvalue weighted by Crippen LogP contribution is 2.15. The molecule has 1 aromatic carbocycles. The zero-order valence-electron chi connectivity index (χ0n) is 8.50. The molecule has 0 bridgehead atoms. The second-order valence-electron chi connectivity index (χ2n) is 3.93. The zero-order chi connectivity index (χ0) is 10.7. The van der Waals surface area contributed by atoms with E-state index < -0.39 is 0 Å². The minimum atomic E-state index is 0.238. The second-order valence-corrected chi connectivity index (χ2v) is 4.84. The van der Waals surface area contributed by atoms with Crippen LogP contribution in [0.25, 0.3) is 0 Å². The Morgan fingerprint density at radius 1 is 1.40 bits per heavy atom. The molecule has 1 saturated heterocycles. The number of rotatable bonds is 3. The molecular formula is C12H14BrNO. The molecule has 1 aliphatic rings. The van der Waals surface area contributed by atoms with Gasteiger partial charge in [0.05, 0.1) is 0 Å². The van der Waals surface area contributed by atoms with Crippen molar-refractivity contribution in [3.05, 3.63) is 34.3 Å². The van der Waals surface area contributed by atoms with E-state index in [0.29, 0.717) is 12.5 Å². The van der Waals surface area contributed by atoms with Crippen LogP contribution >= 0.6 is 15.9 Å². The van der Waals surface area contributed by atoms with Crippen LogP contribution in [0.15, 0.2) is 28.7 Å². The molecule has 80 valence electrons. The Labute approximate surface area is 98.2 Å². The zero-order valence-corrected chi connectivity index (χ0v) is 10.1. The van der Waals surface area contributed by atoms with Gasteiger partial charge in [0.2, 0.25) is 0 Å². The molecule has 15 heavy (non-hydrogen) atoms. The third-order valence-corrected chi connectivity index (χ3v) is 3.29. The van der Waals surface area contributed by atoms with Crippen molar-refractivity contribution in [2.24, 2.45) is 0 Å². The maximum Gasteiger partial charge on any atom is 0.164 e. The molecule has 0 spiro atoms. The fraction of sp³-hybridized carbons (Fsp3) is 0.417. The molecule has 1 N–H and O–H groups in total. The molecule has 0 radical (unpaired) electrons. The molecule has 0 aromatic heterocycles. The van der Waals surface area contributed by atoms with Gasteiger partial charge in [-0.1, -0.05) is 28.1 Å². The largest absolute Gasteiger partial charge is 0.314 e. The summed E-state index contributed by atoms with van der Waals surface area (Å²) in [5, 5.41) is 3.34. The number of Topliss-reactive ketones (excluding diaryl/α,β-unsaturated/α-hetero) is 1. The van der Waals surface area contributed by atoms with E-state index in [0.717, 1.165) is 23.0 Å². The molecule has 1 unspecified atom stereocenters. The van der Waals surface area contributed by atoms with Crippen LogP contribution in [0, 0.1) is 0 Å². The van der Waals surface area contributed by atoms with Gasteiger partial charge in [0.15, 0.2) is 5.78 Å². The van der Waals surface area contributed by atoms with E-state index in [4.69, 9.17) is 0 Å². The van der Waals surface area contributed by atoms with E-state index in [-0.39, 0.29) is 5.78 Å². The molecule has 1 fully saturated rings. The summed E-state index contributed by atoms with van der Waals surface area (Å²) < 4.78 is 1.01. The summed E-state index contributed by atoms with van der Waals surface area (Å²) in [6.07, 6.45) is 2.95. The quantitative estimate of drug-likeness (QED) is 0.854. The van der Waals surface area contributed by atoms with Crippen molar-refractivity contribution in [2.45, 2.75) is 25.3 Å². The molecule has 0 saturated carbocycles. The predicted molar refractivity (Wildman–Crippen MR) is 64.1 cm³/mol. The van der Waals surface area contributed by atoms with Crippen LogP contribution in [0.3, 0.4) is 0 Å². The van der Waals surface area contributed by atoms with Gasteiger partial charge in [0.25, 0.3) is 0 Å². The normalized spacial score (nSPS) is 20.5. The number of nitrogens with one attached hydrogen (secondary N) is 1. The van der Waals surface area contributed by atoms with Crippen molar-refractivity contribution in [1.29, 1.82) is 0 Å². The van der Waals surface area contributed by atoms with Gasteiger partial charge < -0.3 is 5.32 Å². The van der Waals surface area contributed by atoms with Crippen molar-refractivity contribution >= 4 is 21.7 Å². The molecule has 3 heteroatoms. The fourth-order valence-electron chi connectivity index (χ4n) is 1.91. The lowest BCUT2D eigenvalue weighted by Crippen LogP contribution is -2.24. The summed E-state index contributed by atoms with van der Waals surface area (Å²) in [7, 11) is 0. The van der Waals surface area contributed by atoms with Gasteiger partial charge in [-0.25, -0.2) is 0 Å². The lowest BCUT2D eigenvalue weighted by Gasteiger charge is -2.08. The van der Waals surface area contributed by atoms with Crippen molar-refractivity contribution < 1.29 is 4.79 Å². The van der Waals surface area contributed by atoms with Gasteiger partial charge in [0, 0.05) is 22.5 Å². The van der Waals surface area contributed by atoms with E-state index in [9.17, 15) is 4.79 Å². The van der Waals surface area contributed by atoms with Gasteiger partial charge in [-0.3, -0.25) is 4.79 Å². The monoisotopic (exact) mass is 267 g/mol. The van der Waals surface area contributed by atoms with Crippen LogP contribution in [-0.4, -0.2) is 18.4 Å². The Morgan fingerprint density at radius 3 is 2.73 bits per heavy atom. The standard InChI is InChI=1S/C12H14BrNO/c13-10-5-3-9(4-6-10)12(15)8-11-2-1-7-14-11/h3-6,11,14H,1-2,7-8H2. The van der Waals surface area contributed by atoms with Crippen LogP contribution in [0.2, 0.25) is 0 Å². The lowest BCUT2D eigenvalue weighted by molar-refractivity contribution is 0.0971. The van der Waals surface area contributed by atoms with Crippen molar-refractivity contribution in [3.63, 3.8) is 0 Å². The summed E-state index contributed by atoms with van der Waals surface area (Å²) in [4.78, 5) is 11.9. The Bertz CT molecular complexity index is 341. The van der Waals surface area contributed by atoms with Crippen LogP contribution < -0.4 is 5.32 Å². The van der Waals surface area contributed by atoms with Gasteiger partial charge in [-0.15, -0.1) is 0 Å². The molecule has 1 aromatic rings. The lowest BCUT2D eigenvalue weighted by atomic mass is 10.0. The molecule has 0 amide bonds. The molecule has 1 atom stereocenters. The maximum atomic E-state index is 11.9. The number of carbonyl (C=O) groups excluding carboxylic acids is 1. The van der Waals surface area contributed by atoms with Crippen LogP contribution in [-0.2, 0) is 0 Å². The number of carbonyl (C=O) groups is 1. The van der Waals surface area contributed by atoms with E-state index >= 15 is 0 Å². The first-order valence-electron chi connectivity index (χ1n) is 5.28. The first kappa shape index (κ1) is 10.8. The van der Waals surface area contributed by atoms with E-state index in [1.165, 1.54) is 6.42 Å². The number of halogens is 1. The molecule has 2 nitrogen and oxygen atoms in total. The molecule has 0 aliphatic carbocycles. The van der Waals surface area contributed by atoms with Crippen LogP contribution in [0.4, 0.5) is 0 Å². The highest BCUT2D eigenvalue weighted by molar-refractivity contribution is 9.10. The molecular weight excluding hydrogens is 254 g/mol. The van der Waals surface area contributed by atoms with Crippen molar-refractivity contribution in [1.82, 2.24) is 5.32 Å². The van der Waals surface area contributed by atoms with Crippen molar-refractivity contribution in [2.75, 3.05) is 6.54 Å². The highest BCUT2D eigenvalue weighted by Gasteiger charge is 2.18. The van der Waals surface area contributed by atoms with E-state index in [1.807, 2.05) is 24.3 Å². The first-order valence-corrected chi connectivity index (χ1v) is 6.07. The van der Waals surface area contributed by atoms with Gasteiger partial charge >= 0.3 is 0 Å². The summed E-state index contributed by atoms with van der Waals surface area (Å²) in [5.74, 6) is 0.238. The fourth-order valence-corrected chi connectivity index (χ4v) is 2.17. The Hall–Kier alpha value is -0.670. The topological polar surface area (TPSA) is 29.1 Å². The van der Waals surface area contributed by atoms with Gasteiger partial charge in [-0.05, 0) is 31.5 Å². The summed E-state index contributed by atoms with van der Waals surface area (Å²) >= 11 is 3.36. The summed E-state index contributed by atoms with van der Waals surface area (Å²) in [6.45, 7) is 1.05. The summed E-state index contributed by atoms with van der Waals surface area (Å²) in [5.41, 5.74) is 0.812. The third-order valence-electron chi connectivity index (χ3n) is 2.76.